The van der Waals surface area contributed by atoms with Gasteiger partial charge >= 0.3 is 0 Å². The smallest absolute Gasteiger partial charge is 0.167 e. The maximum absolute atomic E-state index is 5.35. The summed E-state index contributed by atoms with van der Waals surface area (Å²) in [6.07, 6.45) is 2.58. The van der Waals surface area contributed by atoms with E-state index in [0.717, 1.165) is 28.0 Å². The Hall–Kier alpha value is -1.13. The van der Waals surface area contributed by atoms with Crippen molar-refractivity contribution in [3.8, 4) is 11.3 Å². The van der Waals surface area contributed by atoms with Crippen molar-refractivity contribution in [2.45, 2.75) is 25.4 Å². The topological polar surface area (TPSA) is 38.1 Å². The van der Waals surface area contributed by atoms with Gasteiger partial charge in [0.1, 0.15) is 0 Å². The van der Waals surface area contributed by atoms with Crippen LogP contribution in [-0.2, 0) is 6.54 Å². The van der Waals surface area contributed by atoms with Gasteiger partial charge in [-0.3, -0.25) is 0 Å². The maximum Gasteiger partial charge on any atom is 0.167 e. The summed E-state index contributed by atoms with van der Waals surface area (Å²) in [7, 11) is 0. The van der Waals surface area contributed by atoms with Gasteiger partial charge in [-0.1, -0.05) is 33.2 Å². The number of halogens is 1. The summed E-state index contributed by atoms with van der Waals surface area (Å²) in [6, 6.07) is 10.7. The van der Waals surface area contributed by atoms with Crippen LogP contribution in [0.4, 0.5) is 0 Å². The number of benzene rings is 1. The molecule has 1 heterocycles. The monoisotopic (exact) mass is 292 g/mol. The number of rotatable bonds is 4. The van der Waals surface area contributed by atoms with Gasteiger partial charge in [-0.05, 0) is 25.0 Å². The van der Waals surface area contributed by atoms with Gasteiger partial charge in [0.25, 0.3) is 0 Å². The first-order valence-electron chi connectivity index (χ1n) is 5.76. The summed E-state index contributed by atoms with van der Waals surface area (Å²) >= 11 is 3.45. The van der Waals surface area contributed by atoms with Crippen molar-refractivity contribution >= 4 is 15.9 Å². The Bertz CT molecular complexity index is 520. The zero-order valence-corrected chi connectivity index (χ0v) is 10.9. The molecule has 0 aliphatic heterocycles. The van der Waals surface area contributed by atoms with Gasteiger partial charge in [-0.15, -0.1) is 0 Å². The van der Waals surface area contributed by atoms with E-state index >= 15 is 0 Å². The fourth-order valence-corrected chi connectivity index (χ4v) is 2.11. The Balaban J connectivity index is 1.74. The molecule has 0 radical (unpaired) electrons. The molecule has 1 N–H and O–H groups in total. The highest BCUT2D eigenvalue weighted by atomic mass is 79.9. The fraction of sp³-hybridized carbons (Fsp3) is 0.308. The van der Waals surface area contributed by atoms with Gasteiger partial charge in [0.05, 0.1) is 5.69 Å². The fourth-order valence-electron chi connectivity index (χ4n) is 1.71. The second-order valence-electron chi connectivity index (χ2n) is 4.35. The van der Waals surface area contributed by atoms with Crippen LogP contribution in [0.1, 0.15) is 18.5 Å². The molecule has 0 atom stereocenters. The minimum absolute atomic E-state index is 0.695. The van der Waals surface area contributed by atoms with Gasteiger partial charge in [-0.25, -0.2) is 0 Å². The van der Waals surface area contributed by atoms with E-state index in [2.05, 4.69) is 26.4 Å². The van der Waals surface area contributed by atoms with Crippen LogP contribution in [0.15, 0.2) is 39.3 Å². The SMILES string of the molecule is Brc1cccc(-c2cc(CNC3CC3)no2)c1. The summed E-state index contributed by atoms with van der Waals surface area (Å²) in [5.74, 6) is 0.818. The molecule has 1 saturated carbocycles. The standard InChI is InChI=1S/C13H13BrN2O/c14-10-3-1-2-9(6-10)13-7-12(16-17-13)8-15-11-4-5-11/h1-3,6-7,11,15H,4-5,8H2. The molecule has 2 aromatic rings. The molecule has 1 aromatic heterocycles. The largest absolute Gasteiger partial charge is 0.356 e. The maximum atomic E-state index is 5.35. The van der Waals surface area contributed by atoms with Gasteiger partial charge in [0.15, 0.2) is 5.76 Å². The average molecular weight is 293 g/mol. The van der Waals surface area contributed by atoms with Gasteiger partial charge < -0.3 is 9.84 Å². The molecule has 0 spiro atoms. The van der Waals surface area contributed by atoms with Crippen molar-refractivity contribution in [3.63, 3.8) is 0 Å². The zero-order valence-electron chi connectivity index (χ0n) is 9.32. The first-order valence-corrected chi connectivity index (χ1v) is 6.55. The van der Waals surface area contributed by atoms with Crippen LogP contribution in [0.25, 0.3) is 11.3 Å². The molecule has 1 aliphatic carbocycles. The third-order valence-corrected chi connectivity index (χ3v) is 3.31. The molecule has 3 rings (SSSR count). The van der Waals surface area contributed by atoms with Gasteiger partial charge in [0.2, 0.25) is 0 Å². The van der Waals surface area contributed by atoms with Crippen LogP contribution in [0.3, 0.4) is 0 Å². The van der Waals surface area contributed by atoms with Crippen LogP contribution >= 0.6 is 15.9 Å². The summed E-state index contributed by atoms with van der Waals surface area (Å²) in [4.78, 5) is 0. The van der Waals surface area contributed by atoms with Crippen LogP contribution in [0.2, 0.25) is 0 Å². The Morgan fingerprint density at radius 1 is 1.35 bits per heavy atom. The molecule has 1 aromatic carbocycles. The number of aromatic nitrogens is 1. The molecular formula is C13H13BrN2O. The van der Waals surface area contributed by atoms with Crippen molar-refractivity contribution in [3.05, 3.63) is 40.5 Å². The molecule has 1 aliphatic rings. The third kappa shape index (κ3) is 2.76. The molecule has 0 bridgehead atoms. The van der Waals surface area contributed by atoms with E-state index in [-0.39, 0.29) is 0 Å². The van der Waals surface area contributed by atoms with E-state index < -0.39 is 0 Å². The first-order chi connectivity index (χ1) is 8.31. The molecule has 88 valence electrons. The Morgan fingerprint density at radius 2 is 2.24 bits per heavy atom. The highest BCUT2D eigenvalue weighted by molar-refractivity contribution is 9.10. The highest BCUT2D eigenvalue weighted by Gasteiger charge is 2.20. The molecule has 3 nitrogen and oxygen atoms in total. The summed E-state index contributed by atoms with van der Waals surface area (Å²) < 4.78 is 6.39. The predicted molar refractivity (Wildman–Crippen MR) is 69.5 cm³/mol. The van der Waals surface area contributed by atoms with E-state index in [1.807, 2.05) is 30.3 Å². The van der Waals surface area contributed by atoms with Crippen LogP contribution in [0.5, 0.6) is 0 Å². The second kappa shape index (κ2) is 4.63. The van der Waals surface area contributed by atoms with Crippen molar-refractivity contribution in [2.24, 2.45) is 0 Å². The number of nitrogens with zero attached hydrogens (tertiary/aromatic N) is 1. The number of hydrogen-bond donors (Lipinski definition) is 1. The molecule has 4 heteroatoms. The van der Waals surface area contributed by atoms with Gasteiger partial charge in [-0.2, -0.15) is 0 Å². The predicted octanol–water partition coefficient (Wildman–Crippen LogP) is 3.36. The summed E-state index contributed by atoms with van der Waals surface area (Å²) in [6.45, 7) is 0.794. The minimum Gasteiger partial charge on any atom is -0.356 e. The Labute approximate surface area is 108 Å². The summed E-state index contributed by atoms with van der Waals surface area (Å²) in [5, 5.41) is 7.49. The zero-order chi connectivity index (χ0) is 11.7. The third-order valence-electron chi connectivity index (χ3n) is 2.82. The lowest BCUT2D eigenvalue weighted by Gasteiger charge is -1.96. The molecule has 0 unspecified atom stereocenters. The van der Waals surface area contributed by atoms with E-state index in [0.29, 0.717) is 6.04 Å². The quantitative estimate of drug-likeness (QED) is 0.939. The Kier molecular flexibility index (Phi) is 2.99. The molecule has 0 amide bonds. The van der Waals surface area contributed by atoms with E-state index in [9.17, 15) is 0 Å². The van der Waals surface area contributed by atoms with E-state index in [1.165, 1.54) is 12.8 Å². The van der Waals surface area contributed by atoms with Crippen LogP contribution < -0.4 is 5.32 Å². The average Bonchev–Trinajstić information content (AvgIpc) is 3.04. The second-order valence-corrected chi connectivity index (χ2v) is 5.26. The van der Waals surface area contributed by atoms with Crippen molar-refractivity contribution in [1.82, 2.24) is 10.5 Å². The van der Waals surface area contributed by atoms with Crippen molar-refractivity contribution in [1.29, 1.82) is 0 Å². The molecular weight excluding hydrogens is 280 g/mol. The number of hydrogen-bond acceptors (Lipinski definition) is 3. The first kappa shape index (κ1) is 11.0. The summed E-state index contributed by atoms with van der Waals surface area (Å²) in [5.41, 5.74) is 2.01. The van der Waals surface area contributed by atoms with Crippen LogP contribution in [0, 0.1) is 0 Å². The normalized spacial score (nSPS) is 15.1. The molecule has 17 heavy (non-hydrogen) atoms. The van der Waals surface area contributed by atoms with Crippen LogP contribution in [-0.4, -0.2) is 11.2 Å². The van der Waals surface area contributed by atoms with Gasteiger partial charge in [0, 0.05) is 28.7 Å². The minimum atomic E-state index is 0.695. The lowest BCUT2D eigenvalue weighted by atomic mass is 10.1. The Morgan fingerprint density at radius 3 is 3.00 bits per heavy atom. The van der Waals surface area contributed by atoms with E-state index in [1.54, 1.807) is 0 Å². The lowest BCUT2D eigenvalue weighted by Crippen LogP contribution is -2.15. The van der Waals surface area contributed by atoms with Crippen molar-refractivity contribution in [2.75, 3.05) is 0 Å². The van der Waals surface area contributed by atoms with E-state index in [4.69, 9.17) is 4.52 Å². The lowest BCUT2D eigenvalue weighted by molar-refractivity contribution is 0.420. The van der Waals surface area contributed by atoms with Crippen molar-refractivity contribution < 1.29 is 4.52 Å². The number of nitrogens with one attached hydrogen (secondary N) is 1. The molecule has 1 fully saturated rings. The molecule has 0 saturated heterocycles. The highest BCUT2D eigenvalue weighted by Crippen LogP contribution is 2.24.